The summed E-state index contributed by atoms with van der Waals surface area (Å²) in [6.07, 6.45) is 0. The highest BCUT2D eigenvalue weighted by molar-refractivity contribution is 7.59. The van der Waals surface area contributed by atoms with E-state index in [2.05, 4.69) is 31.0 Å². The minimum atomic E-state index is -3.11. The van der Waals surface area contributed by atoms with Gasteiger partial charge < -0.3 is 14.8 Å². The molecule has 0 heterocycles. The van der Waals surface area contributed by atoms with Gasteiger partial charge in [0, 0.05) is 0 Å². The summed E-state index contributed by atoms with van der Waals surface area (Å²) in [6.45, 7) is 10.5. The fourth-order valence-electron chi connectivity index (χ4n) is 2.02. The van der Waals surface area contributed by atoms with Crippen molar-refractivity contribution in [2.24, 2.45) is 10.2 Å². The van der Waals surface area contributed by atoms with E-state index in [-0.39, 0.29) is 5.56 Å². The molecule has 9 heteroatoms. The van der Waals surface area contributed by atoms with Crippen LogP contribution in [0.3, 0.4) is 0 Å². The largest absolute Gasteiger partial charge is 0.545 e. The molecule has 0 fully saturated rings. The van der Waals surface area contributed by atoms with E-state index in [9.17, 15) is 9.90 Å². The smallest absolute Gasteiger partial charge is 0.425 e. The van der Waals surface area contributed by atoms with Crippen LogP contribution in [0.15, 0.2) is 64.8 Å². The monoisotopic (exact) mass is 407 g/mol. The number of azo groups is 1. The van der Waals surface area contributed by atoms with E-state index in [4.69, 9.17) is 12.6 Å². The number of hydrogen-bond donors (Lipinski definition) is 1. The van der Waals surface area contributed by atoms with E-state index in [1.807, 2.05) is 30.3 Å². The molecule has 0 spiro atoms. The zero-order valence-electron chi connectivity index (χ0n) is 16.2. The summed E-state index contributed by atoms with van der Waals surface area (Å²) < 4.78 is 25.3. The summed E-state index contributed by atoms with van der Waals surface area (Å²) in [4.78, 5) is 12.2. The third-order valence-corrected chi connectivity index (χ3v) is 3.64. The minimum Gasteiger partial charge on any atom is -0.545 e. The van der Waals surface area contributed by atoms with Crippen molar-refractivity contribution in [1.29, 1.82) is 0 Å². The van der Waals surface area contributed by atoms with Crippen LogP contribution >= 0.6 is 0 Å². The molecule has 0 unspecified atom stereocenters. The molecule has 2 aromatic carbocycles. The van der Waals surface area contributed by atoms with Crippen LogP contribution in [0.1, 0.15) is 31.1 Å². The molecule has 0 aliphatic heterocycles. The topological polar surface area (TPSA) is 120 Å². The summed E-state index contributed by atoms with van der Waals surface area (Å²) in [6, 6.07) is 15.3. The van der Waals surface area contributed by atoms with E-state index in [1.54, 1.807) is 17.0 Å². The molecule has 0 saturated carbocycles. The third-order valence-electron chi connectivity index (χ3n) is 3.64. The van der Waals surface area contributed by atoms with Crippen molar-refractivity contribution in [1.82, 2.24) is 0 Å². The highest BCUT2D eigenvalue weighted by Crippen LogP contribution is 2.17. The predicted octanol–water partition coefficient (Wildman–Crippen LogP) is 1.39. The second-order valence-electron chi connectivity index (χ2n) is 5.38. The van der Waals surface area contributed by atoms with Crippen molar-refractivity contribution in [2.45, 2.75) is 20.8 Å². The lowest BCUT2D eigenvalue weighted by Gasteiger charge is -2.10. The van der Waals surface area contributed by atoms with Crippen LogP contribution < -0.4 is 10.0 Å². The Morgan fingerprint density at radius 3 is 1.54 bits per heavy atom. The molecule has 28 heavy (non-hydrogen) atoms. The molecule has 2 aromatic rings. The van der Waals surface area contributed by atoms with Crippen LogP contribution in [0.5, 0.6) is 0 Å². The molecule has 0 amide bonds. The van der Waals surface area contributed by atoms with Gasteiger partial charge in [0.15, 0.2) is 0 Å². The molecule has 0 saturated heterocycles. The van der Waals surface area contributed by atoms with Crippen LogP contribution in [-0.4, -0.2) is 38.2 Å². The van der Waals surface area contributed by atoms with Gasteiger partial charge >= 0.3 is 10.6 Å². The Kier molecular flexibility index (Phi) is 13.6. The number of carboxylic acid groups (broad SMARTS) is 1. The molecule has 0 bridgehead atoms. The Labute approximate surface area is 166 Å². The fraction of sp³-hybridized carbons (Fsp3) is 0.316. The zero-order valence-corrected chi connectivity index (χ0v) is 17.0. The maximum atomic E-state index is 10.5. The SMILES string of the molecule is CC[NH+](CC)CC.O=C([O-])c1ccc(N=Nc2ccccc2)cc1.O=S(=O)=O. The average Bonchev–Trinajstić information content (AvgIpc) is 2.69. The lowest BCUT2D eigenvalue weighted by Crippen LogP contribution is -3.11. The van der Waals surface area contributed by atoms with E-state index >= 15 is 0 Å². The van der Waals surface area contributed by atoms with Crippen molar-refractivity contribution < 1.29 is 27.4 Å². The Bertz CT molecular complexity index is 806. The van der Waals surface area contributed by atoms with E-state index in [0.717, 1.165) is 5.69 Å². The molecular formula is C19H25N3O5S. The Morgan fingerprint density at radius 2 is 1.21 bits per heavy atom. The van der Waals surface area contributed by atoms with E-state index in [1.165, 1.54) is 31.8 Å². The lowest BCUT2D eigenvalue weighted by atomic mass is 10.2. The summed E-state index contributed by atoms with van der Waals surface area (Å²) in [5, 5.41) is 18.5. The number of aromatic carboxylic acids is 1. The quantitative estimate of drug-likeness (QED) is 0.726. The molecule has 0 aromatic heterocycles. The maximum Gasteiger partial charge on any atom is 0.425 e. The number of carbonyl (C=O) groups excluding carboxylic acids is 1. The lowest BCUT2D eigenvalue weighted by molar-refractivity contribution is -0.894. The molecule has 1 N–H and O–H groups in total. The van der Waals surface area contributed by atoms with Gasteiger partial charge in [-0.1, -0.05) is 30.3 Å². The molecule has 0 radical (unpaired) electrons. The van der Waals surface area contributed by atoms with Gasteiger partial charge in [-0.15, -0.1) is 12.6 Å². The Balaban J connectivity index is 0.000000553. The normalized spacial score (nSPS) is 9.86. The molecule has 0 atom stereocenters. The van der Waals surface area contributed by atoms with Crippen LogP contribution in [0.4, 0.5) is 11.4 Å². The van der Waals surface area contributed by atoms with Gasteiger partial charge in [-0.05, 0) is 50.6 Å². The first-order valence-electron chi connectivity index (χ1n) is 8.72. The minimum absolute atomic E-state index is 0.128. The average molecular weight is 407 g/mol. The first-order chi connectivity index (χ1) is 13.3. The zero-order chi connectivity index (χ0) is 21.4. The van der Waals surface area contributed by atoms with Gasteiger partial charge in [-0.2, -0.15) is 10.2 Å². The maximum absolute atomic E-state index is 10.5. The van der Waals surface area contributed by atoms with Gasteiger partial charge in [-0.3, -0.25) is 0 Å². The van der Waals surface area contributed by atoms with Crippen LogP contribution in [0.25, 0.3) is 0 Å². The standard InChI is InChI=1S/C13H10N2O2.C6H15N.O3S/c16-13(17)10-6-8-12(9-7-10)15-14-11-4-2-1-3-5-11;1-4-7(5-2)6-3;1-4(2)3/h1-9H,(H,16,17);4-6H2,1-3H3;. The van der Waals surface area contributed by atoms with Crippen LogP contribution in [0, 0.1) is 0 Å². The van der Waals surface area contributed by atoms with Crippen molar-refractivity contribution in [2.75, 3.05) is 19.6 Å². The number of carbonyl (C=O) groups is 1. The summed E-state index contributed by atoms with van der Waals surface area (Å²) in [7, 11) is -3.11. The predicted molar refractivity (Wildman–Crippen MR) is 104 cm³/mol. The number of hydrogen-bond acceptors (Lipinski definition) is 7. The van der Waals surface area contributed by atoms with Crippen molar-refractivity contribution >= 4 is 28.0 Å². The second kappa shape index (κ2) is 15.2. The first-order valence-corrected chi connectivity index (χ1v) is 9.72. The molecule has 0 aliphatic rings. The highest BCUT2D eigenvalue weighted by atomic mass is 32.2. The fourth-order valence-corrected chi connectivity index (χ4v) is 2.02. The van der Waals surface area contributed by atoms with Crippen molar-refractivity contribution in [3.05, 3.63) is 60.2 Å². The molecule has 2 rings (SSSR count). The van der Waals surface area contributed by atoms with Gasteiger partial charge in [0.2, 0.25) is 0 Å². The van der Waals surface area contributed by atoms with Crippen LogP contribution in [-0.2, 0) is 10.6 Å². The number of rotatable bonds is 6. The highest BCUT2D eigenvalue weighted by Gasteiger charge is 1.94. The molecule has 152 valence electrons. The van der Waals surface area contributed by atoms with E-state index in [0.29, 0.717) is 5.69 Å². The third kappa shape index (κ3) is 12.4. The van der Waals surface area contributed by atoms with E-state index < -0.39 is 16.6 Å². The van der Waals surface area contributed by atoms with Gasteiger partial charge in [0.1, 0.15) is 0 Å². The molecular weight excluding hydrogens is 382 g/mol. The Morgan fingerprint density at radius 1 is 0.821 bits per heavy atom. The Hall–Kier alpha value is -2.91. The molecule has 8 nitrogen and oxygen atoms in total. The first kappa shape index (κ1) is 25.1. The van der Waals surface area contributed by atoms with Crippen molar-refractivity contribution in [3.63, 3.8) is 0 Å². The van der Waals surface area contributed by atoms with Gasteiger partial charge in [-0.25, -0.2) is 0 Å². The number of nitrogens with zero attached hydrogens (tertiary/aromatic N) is 2. The van der Waals surface area contributed by atoms with Crippen LogP contribution in [0.2, 0.25) is 0 Å². The summed E-state index contributed by atoms with van der Waals surface area (Å²) >= 11 is 0. The van der Waals surface area contributed by atoms with Gasteiger partial charge in [0.25, 0.3) is 0 Å². The number of quaternary nitrogens is 1. The summed E-state index contributed by atoms with van der Waals surface area (Å²) in [5.41, 5.74) is 1.47. The van der Waals surface area contributed by atoms with Crippen molar-refractivity contribution in [3.8, 4) is 0 Å². The number of nitrogens with one attached hydrogen (secondary N) is 1. The second-order valence-corrected chi connectivity index (χ2v) is 5.79. The number of benzene rings is 2. The van der Waals surface area contributed by atoms with Gasteiger partial charge in [0.05, 0.1) is 37.0 Å². The number of carboxylic acids is 1. The summed E-state index contributed by atoms with van der Waals surface area (Å²) in [5.74, 6) is -1.20. The molecule has 0 aliphatic carbocycles.